The molecule has 0 aliphatic carbocycles. The Morgan fingerprint density at radius 2 is 2.08 bits per heavy atom. The third-order valence-electron chi connectivity index (χ3n) is 1.73. The second kappa shape index (κ2) is 3.81. The molecule has 0 unspecified atom stereocenters. The van der Waals surface area contributed by atoms with Gasteiger partial charge in [-0.3, -0.25) is 0 Å². The van der Waals surface area contributed by atoms with Gasteiger partial charge in [-0.05, 0) is 25.3 Å². The number of hydrogen-bond donors (Lipinski definition) is 0. The molecule has 1 aromatic rings. The molecular formula is C9H11FOS. The average molecular weight is 186 g/mol. The number of hydrogen-bond acceptors (Lipinski definition) is 2. The lowest BCUT2D eigenvalue weighted by atomic mass is 10.2. The molecule has 0 aliphatic heterocycles. The van der Waals surface area contributed by atoms with E-state index in [4.69, 9.17) is 4.74 Å². The summed E-state index contributed by atoms with van der Waals surface area (Å²) in [5.41, 5.74) is 0.573. The summed E-state index contributed by atoms with van der Waals surface area (Å²) in [5.74, 6) is 0.423. The van der Waals surface area contributed by atoms with Crippen LogP contribution in [0.5, 0.6) is 5.75 Å². The number of benzene rings is 1. The molecule has 0 bridgehead atoms. The van der Waals surface area contributed by atoms with Crippen LogP contribution in [0.15, 0.2) is 17.0 Å². The molecule has 1 aromatic carbocycles. The van der Waals surface area contributed by atoms with Crippen LogP contribution in [0, 0.1) is 12.7 Å². The predicted molar refractivity (Wildman–Crippen MR) is 49.5 cm³/mol. The van der Waals surface area contributed by atoms with Gasteiger partial charge in [0.25, 0.3) is 0 Å². The topological polar surface area (TPSA) is 9.23 Å². The molecule has 0 aliphatic rings. The fourth-order valence-electron chi connectivity index (χ4n) is 1.06. The first-order valence-electron chi connectivity index (χ1n) is 3.57. The van der Waals surface area contributed by atoms with Crippen molar-refractivity contribution in [3.05, 3.63) is 23.5 Å². The Hall–Kier alpha value is -0.700. The van der Waals surface area contributed by atoms with Gasteiger partial charge in [0.05, 0.1) is 7.11 Å². The van der Waals surface area contributed by atoms with Gasteiger partial charge in [-0.1, -0.05) is 0 Å². The van der Waals surface area contributed by atoms with Gasteiger partial charge < -0.3 is 4.74 Å². The van der Waals surface area contributed by atoms with Crippen molar-refractivity contribution in [2.75, 3.05) is 13.4 Å². The Bertz CT molecular complexity index is 286. The molecule has 1 rings (SSSR count). The zero-order valence-electron chi connectivity index (χ0n) is 7.35. The van der Waals surface area contributed by atoms with Crippen LogP contribution in [0.2, 0.25) is 0 Å². The largest absolute Gasteiger partial charge is 0.495 e. The number of methoxy groups -OCH3 is 1. The van der Waals surface area contributed by atoms with E-state index in [0.717, 1.165) is 4.90 Å². The standard InChI is InChI=1S/C9H11FOS/c1-6-7(10)4-5-8(12-3)9(6)11-2/h4-5H,1-3H3. The second-order valence-electron chi connectivity index (χ2n) is 2.41. The maximum Gasteiger partial charge on any atom is 0.138 e. The fraction of sp³-hybridized carbons (Fsp3) is 0.333. The zero-order valence-corrected chi connectivity index (χ0v) is 8.17. The molecule has 0 radical (unpaired) electrons. The highest BCUT2D eigenvalue weighted by Crippen LogP contribution is 2.31. The van der Waals surface area contributed by atoms with Gasteiger partial charge in [-0.15, -0.1) is 11.8 Å². The summed E-state index contributed by atoms with van der Waals surface area (Å²) >= 11 is 1.55. The SMILES string of the molecule is COc1c(SC)ccc(F)c1C. The third kappa shape index (κ3) is 1.55. The van der Waals surface area contributed by atoms with Gasteiger partial charge in [0.15, 0.2) is 0 Å². The maximum absolute atomic E-state index is 13.0. The number of halogens is 1. The van der Waals surface area contributed by atoms with E-state index in [9.17, 15) is 4.39 Å². The second-order valence-corrected chi connectivity index (χ2v) is 3.26. The van der Waals surface area contributed by atoms with E-state index < -0.39 is 0 Å². The molecule has 0 fully saturated rings. The van der Waals surface area contributed by atoms with E-state index in [1.54, 1.807) is 31.9 Å². The minimum absolute atomic E-state index is 0.218. The van der Waals surface area contributed by atoms with Crippen molar-refractivity contribution >= 4 is 11.8 Å². The van der Waals surface area contributed by atoms with Gasteiger partial charge in [0, 0.05) is 10.5 Å². The maximum atomic E-state index is 13.0. The van der Waals surface area contributed by atoms with Gasteiger partial charge in [0.2, 0.25) is 0 Å². The summed E-state index contributed by atoms with van der Waals surface area (Å²) in [6.07, 6.45) is 1.94. The molecule has 0 amide bonds. The summed E-state index contributed by atoms with van der Waals surface area (Å²) in [4.78, 5) is 0.969. The molecule has 0 N–H and O–H groups in total. The third-order valence-corrected chi connectivity index (χ3v) is 2.49. The highest BCUT2D eigenvalue weighted by Gasteiger charge is 2.08. The monoisotopic (exact) mass is 186 g/mol. The van der Waals surface area contributed by atoms with Crippen LogP contribution < -0.4 is 4.74 Å². The summed E-state index contributed by atoms with van der Waals surface area (Å²) in [6, 6.07) is 3.19. The summed E-state index contributed by atoms with van der Waals surface area (Å²) in [6.45, 7) is 1.72. The molecule has 66 valence electrons. The van der Waals surface area contributed by atoms with E-state index in [-0.39, 0.29) is 5.82 Å². The van der Waals surface area contributed by atoms with E-state index >= 15 is 0 Å². The molecule has 0 heterocycles. The first kappa shape index (κ1) is 9.39. The van der Waals surface area contributed by atoms with E-state index in [1.165, 1.54) is 6.07 Å². The van der Waals surface area contributed by atoms with Gasteiger partial charge in [-0.2, -0.15) is 0 Å². The molecule has 0 saturated carbocycles. The number of thioether (sulfide) groups is 1. The van der Waals surface area contributed by atoms with Gasteiger partial charge in [-0.25, -0.2) is 4.39 Å². The molecule has 12 heavy (non-hydrogen) atoms. The Labute approximate surface area is 75.9 Å². The Morgan fingerprint density at radius 1 is 1.42 bits per heavy atom. The lowest BCUT2D eigenvalue weighted by molar-refractivity contribution is 0.397. The van der Waals surface area contributed by atoms with E-state index in [2.05, 4.69) is 0 Å². The number of rotatable bonds is 2. The Kier molecular flexibility index (Phi) is 2.98. The number of ether oxygens (including phenoxy) is 1. The minimum atomic E-state index is -0.218. The van der Waals surface area contributed by atoms with Crippen molar-refractivity contribution in [3.8, 4) is 5.75 Å². The van der Waals surface area contributed by atoms with Gasteiger partial charge >= 0.3 is 0 Å². The lowest BCUT2D eigenvalue weighted by Gasteiger charge is -2.09. The summed E-state index contributed by atoms with van der Waals surface area (Å²) in [7, 11) is 1.56. The van der Waals surface area contributed by atoms with Crippen LogP contribution in [0.3, 0.4) is 0 Å². The Morgan fingerprint density at radius 3 is 2.58 bits per heavy atom. The Balaban J connectivity index is 3.25. The van der Waals surface area contributed by atoms with Crippen LogP contribution in [0.1, 0.15) is 5.56 Å². The normalized spacial score (nSPS) is 10.0. The molecule has 3 heteroatoms. The zero-order chi connectivity index (χ0) is 9.14. The van der Waals surface area contributed by atoms with Crippen molar-refractivity contribution in [1.29, 1.82) is 0 Å². The summed E-state index contributed by atoms with van der Waals surface area (Å²) in [5, 5.41) is 0. The summed E-state index contributed by atoms with van der Waals surface area (Å²) < 4.78 is 18.1. The van der Waals surface area contributed by atoms with E-state index in [1.807, 2.05) is 6.26 Å². The first-order valence-corrected chi connectivity index (χ1v) is 4.80. The fourth-order valence-corrected chi connectivity index (χ4v) is 1.68. The van der Waals surface area contributed by atoms with Crippen LogP contribution in [-0.2, 0) is 0 Å². The van der Waals surface area contributed by atoms with Crippen LogP contribution >= 0.6 is 11.8 Å². The van der Waals surface area contributed by atoms with Crippen LogP contribution in [0.25, 0.3) is 0 Å². The quantitative estimate of drug-likeness (QED) is 0.657. The van der Waals surface area contributed by atoms with Crippen molar-refractivity contribution < 1.29 is 9.13 Å². The van der Waals surface area contributed by atoms with Gasteiger partial charge in [0.1, 0.15) is 11.6 Å². The molecule has 0 saturated heterocycles. The van der Waals surface area contributed by atoms with Crippen LogP contribution in [-0.4, -0.2) is 13.4 Å². The molecular weight excluding hydrogens is 175 g/mol. The van der Waals surface area contributed by atoms with Crippen molar-refractivity contribution in [3.63, 3.8) is 0 Å². The highest BCUT2D eigenvalue weighted by molar-refractivity contribution is 7.98. The van der Waals surface area contributed by atoms with Crippen LogP contribution in [0.4, 0.5) is 4.39 Å². The van der Waals surface area contributed by atoms with Crippen molar-refractivity contribution in [2.24, 2.45) is 0 Å². The predicted octanol–water partition coefficient (Wildman–Crippen LogP) is 2.86. The van der Waals surface area contributed by atoms with Crippen molar-refractivity contribution in [2.45, 2.75) is 11.8 Å². The molecule has 1 nitrogen and oxygen atoms in total. The molecule has 0 spiro atoms. The highest BCUT2D eigenvalue weighted by atomic mass is 32.2. The minimum Gasteiger partial charge on any atom is -0.495 e. The lowest BCUT2D eigenvalue weighted by Crippen LogP contribution is -1.92. The average Bonchev–Trinajstić information content (AvgIpc) is 2.09. The molecule has 0 aromatic heterocycles. The first-order chi connectivity index (χ1) is 5.70. The van der Waals surface area contributed by atoms with E-state index in [0.29, 0.717) is 11.3 Å². The smallest absolute Gasteiger partial charge is 0.138 e. The molecule has 0 atom stereocenters. The van der Waals surface area contributed by atoms with Crippen molar-refractivity contribution in [1.82, 2.24) is 0 Å².